The first-order valence-corrected chi connectivity index (χ1v) is 10.2. The highest BCUT2D eigenvalue weighted by atomic mass is 19.1. The van der Waals surface area contributed by atoms with Gasteiger partial charge in [-0.15, -0.1) is 0 Å². The third-order valence-corrected chi connectivity index (χ3v) is 5.58. The Hall–Kier alpha value is -2.16. The summed E-state index contributed by atoms with van der Waals surface area (Å²) in [6, 6.07) is 13.7. The summed E-state index contributed by atoms with van der Waals surface area (Å²) in [4.78, 5) is 12.4. The Kier molecular flexibility index (Phi) is 7.03. The fourth-order valence-corrected chi connectivity index (χ4v) is 3.88. The number of ether oxygens (including phenoxy) is 1. The predicted molar refractivity (Wildman–Crippen MR) is 107 cm³/mol. The van der Waals surface area contributed by atoms with Gasteiger partial charge in [0.1, 0.15) is 11.9 Å². The fraction of sp³-hybridized carbons (Fsp3) is 0.458. The Balaban J connectivity index is 1.49. The van der Waals surface area contributed by atoms with E-state index in [9.17, 15) is 9.18 Å². The van der Waals surface area contributed by atoms with Crippen LogP contribution < -0.4 is 0 Å². The van der Waals surface area contributed by atoms with E-state index in [0.717, 1.165) is 29.9 Å². The second kappa shape index (κ2) is 9.68. The molecule has 0 aliphatic heterocycles. The van der Waals surface area contributed by atoms with Gasteiger partial charge in [0.25, 0.3) is 0 Å². The van der Waals surface area contributed by atoms with E-state index in [1.807, 2.05) is 12.1 Å². The molecule has 2 aromatic rings. The number of carbonyl (C=O) groups is 1. The van der Waals surface area contributed by atoms with Crippen LogP contribution in [0.25, 0.3) is 11.1 Å². The molecular weight excluding hydrogens is 339 g/mol. The number of hydrogen-bond acceptors (Lipinski definition) is 2. The molecule has 2 aromatic carbocycles. The molecule has 0 unspecified atom stereocenters. The highest BCUT2D eigenvalue weighted by Gasteiger charge is 2.24. The summed E-state index contributed by atoms with van der Waals surface area (Å²) in [6.07, 6.45) is 9.60. The number of carbonyl (C=O) groups excluding carboxylic acids is 1. The van der Waals surface area contributed by atoms with Gasteiger partial charge < -0.3 is 4.74 Å². The quantitative estimate of drug-likeness (QED) is 0.397. The Bertz CT molecular complexity index is 713. The molecule has 0 saturated heterocycles. The summed E-state index contributed by atoms with van der Waals surface area (Å²) in [7, 11) is 0. The van der Waals surface area contributed by atoms with Gasteiger partial charge in [0.2, 0.25) is 0 Å². The molecule has 1 saturated carbocycles. The molecule has 3 heteroatoms. The maximum Gasteiger partial charge on any atom is 0.338 e. The van der Waals surface area contributed by atoms with E-state index in [1.165, 1.54) is 50.7 Å². The number of benzene rings is 2. The Morgan fingerprint density at radius 3 is 2.11 bits per heavy atom. The lowest BCUT2D eigenvalue weighted by molar-refractivity contribution is 0.0161. The standard InChI is InChI=1S/C24H29FO2/c1-2-3-4-5-18-6-16-23(17-7-18)27-24(26)21-10-8-19(9-11-21)20-12-14-22(25)15-13-20/h8-15,18,23H,2-7,16-17H2,1H3/t18-,23-. The smallest absolute Gasteiger partial charge is 0.338 e. The van der Waals surface area contributed by atoms with E-state index in [0.29, 0.717) is 5.56 Å². The number of hydrogen-bond donors (Lipinski definition) is 0. The first-order valence-electron chi connectivity index (χ1n) is 10.2. The second-order valence-corrected chi connectivity index (χ2v) is 7.63. The van der Waals surface area contributed by atoms with Gasteiger partial charge in [0, 0.05) is 0 Å². The lowest BCUT2D eigenvalue weighted by Crippen LogP contribution is -2.24. The topological polar surface area (TPSA) is 26.3 Å². The van der Waals surface area contributed by atoms with Crippen molar-refractivity contribution in [3.8, 4) is 11.1 Å². The highest BCUT2D eigenvalue weighted by molar-refractivity contribution is 5.90. The maximum atomic E-state index is 13.0. The molecule has 0 N–H and O–H groups in total. The zero-order valence-electron chi connectivity index (χ0n) is 16.1. The van der Waals surface area contributed by atoms with Crippen molar-refractivity contribution in [3.05, 3.63) is 59.9 Å². The lowest BCUT2D eigenvalue weighted by Gasteiger charge is -2.28. The minimum Gasteiger partial charge on any atom is -0.459 e. The molecule has 0 radical (unpaired) electrons. The molecule has 144 valence electrons. The van der Waals surface area contributed by atoms with Gasteiger partial charge in [-0.3, -0.25) is 0 Å². The summed E-state index contributed by atoms with van der Waals surface area (Å²) in [6.45, 7) is 2.24. The van der Waals surface area contributed by atoms with Gasteiger partial charge in [-0.1, -0.05) is 56.9 Å². The third kappa shape index (κ3) is 5.66. The molecule has 2 nitrogen and oxygen atoms in total. The molecule has 3 rings (SSSR count). The molecule has 0 atom stereocenters. The van der Waals surface area contributed by atoms with E-state index in [2.05, 4.69) is 6.92 Å². The minimum atomic E-state index is -0.251. The van der Waals surface area contributed by atoms with Crippen LogP contribution in [0.4, 0.5) is 4.39 Å². The number of halogens is 1. The normalized spacial score (nSPS) is 19.6. The first-order chi connectivity index (χ1) is 13.2. The van der Waals surface area contributed by atoms with Crippen LogP contribution in [0.1, 0.15) is 68.6 Å². The molecule has 27 heavy (non-hydrogen) atoms. The average Bonchev–Trinajstić information content (AvgIpc) is 2.70. The molecule has 0 spiro atoms. The zero-order valence-corrected chi connectivity index (χ0v) is 16.1. The lowest BCUT2D eigenvalue weighted by atomic mass is 9.84. The van der Waals surface area contributed by atoms with Crippen molar-refractivity contribution in [2.45, 2.75) is 64.4 Å². The number of esters is 1. The summed E-state index contributed by atoms with van der Waals surface area (Å²) >= 11 is 0. The third-order valence-electron chi connectivity index (χ3n) is 5.58. The van der Waals surface area contributed by atoms with Crippen LogP contribution in [-0.4, -0.2) is 12.1 Å². The SMILES string of the molecule is CCCCC[C@H]1CC[C@H](OC(=O)c2ccc(-c3ccc(F)cc3)cc2)CC1. The van der Waals surface area contributed by atoms with Crippen molar-refractivity contribution in [1.29, 1.82) is 0 Å². The van der Waals surface area contributed by atoms with E-state index in [1.54, 1.807) is 24.3 Å². The van der Waals surface area contributed by atoms with E-state index < -0.39 is 0 Å². The fourth-order valence-electron chi connectivity index (χ4n) is 3.88. The minimum absolute atomic E-state index is 0.0525. The van der Waals surface area contributed by atoms with Crippen LogP contribution in [0.5, 0.6) is 0 Å². The van der Waals surface area contributed by atoms with Crippen LogP contribution in [-0.2, 0) is 4.74 Å². The average molecular weight is 368 g/mol. The highest BCUT2D eigenvalue weighted by Crippen LogP contribution is 2.30. The number of rotatable bonds is 7. The van der Waals surface area contributed by atoms with Crippen LogP contribution >= 0.6 is 0 Å². The van der Waals surface area contributed by atoms with Gasteiger partial charge in [-0.25, -0.2) is 9.18 Å². The van der Waals surface area contributed by atoms with Crippen molar-refractivity contribution < 1.29 is 13.9 Å². The van der Waals surface area contributed by atoms with Crippen molar-refractivity contribution in [1.82, 2.24) is 0 Å². The second-order valence-electron chi connectivity index (χ2n) is 7.63. The first kappa shape index (κ1) is 19.6. The summed E-state index contributed by atoms with van der Waals surface area (Å²) in [5, 5.41) is 0. The van der Waals surface area contributed by atoms with Gasteiger partial charge in [-0.05, 0) is 67.0 Å². The zero-order chi connectivity index (χ0) is 19.1. The van der Waals surface area contributed by atoms with Gasteiger partial charge in [0.05, 0.1) is 5.56 Å². The molecule has 0 bridgehead atoms. The molecule has 0 heterocycles. The van der Waals surface area contributed by atoms with Crippen molar-refractivity contribution in [2.75, 3.05) is 0 Å². The van der Waals surface area contributed by atoms with Crippen LogP contribution in [0.2, 0.25) is 0 Å². The van der Waals surface area contributed by atoms with Gasteiger partial charge >= 0.3 is 5.97 Å². The van der Waals surface area contributed by atoms with Crippen molar-refractivity contribution >= 4 is 5.97 Å². The van der Waals surface area contributed by atoms with Gasteiger partial charge in [-0.2, -0.15) is 0 Å². The maximum absolute atomic E-state index is 13.0. The van der Waals surface area contributed by atoms with Crippen molar-refractivity contribution in [2.24, 2.45) is 5.92 Å². The molecule has 1 aliphatic rings. The molecule has 0 amide bonds. The van der Waals surface area contributed by atoms with Gasteiger partial charge in [0.15, 0.2) is 0 Å². The molecular formula is C24H29FO2. The predicted octanol–water partition coefficient (Wildman–Crippen LogP) is 6.79. The summed E-state index contributed by atoms with van der Waals surface area (Å²) in [5.74, 6) is 0.315. The Morgan fingerprint density at radius 2 is 1.52 bits per heavy atom. The number of unbranched alkanes of at least 4 members (excludes halogenated alkanes) is 2. The Labute approximate surface area is 161 Å². The molecule has 1 fully saturated rings. The molecule has 0 aromatic heterocycles. The monoisotopic (exact) mass is 368 g/mol. The summed E-state index contributed by atoms with van der Waals surface area (Å²) < 4.78 is 18.8. The van der Waals surface area contributed by atoms with Crippen molar-refractivity contribution in [3.63, 3.8) is 0 Å². The van der Waals surface area contributed by atoms with Crippen LogP contribution in [0.15, 0.2) is 48.5 Å². The van der Waals surface area contributed by atoms with Crippen LogP contribution in [0, 0.1) is 11.7 Å². The van der Waals surface area contributed by atoms with E-state index >= 15 is 0 Å². The van der Waals surface area contributed by atoms with Crippen LogP contribution in [0.3, 0.4) is 0 Å². The molecule has 1 aliphatic carbocycles. The van der Waals surface area contributed by atoms with E-state index in [-0.39, 0.29) is 17.9 Å². The Morgan fingerprint density at radius 1 is 0.926 bits per heavy atom. The van der Waals surface area contributed by atoms with E-state index in [4.69, 9.17) is 4.74 Å². The summed E-state index contributed by atoms with van der Waals surface area (Å²) in [5.41, 5.74) is 2.46. The largest absolute Gasteiger partial charge is 0.459 e.